The van der Waals surface area contributed by atoms with E-state index in [0.717, 1.165) is 27.6 Å². The van der Waals surface area contributed by atoms with Gasteiger partial charge in [-0.15, -0.1) is 0 Å². The smallest absolute Gasteiger partial charge is 0.399 e. The Kier molecular flexibility index (Phi) is 4.17. The Morgan fingerprint density at radius 1 is 0.815 bits per heavy atom. The number of pyridine rings is 1. The lowest BCUT2D eigenvalue weighted by Crippen LogP contribution is -2.41. The van der Waals surface area contributed by atoms with Crippen LogP contribution in [0, 0.1) is 13.8 Å². The Labute approximate surface area is 161 Å². The molecule has 0 amide bonds. The van der Waals surface area contributed by atoms with Gasteiger partial charge in [-0.25, -0.2) is 4.98 Å². The second kappa shape index (κ2) is 6.18. The number of rotatable bonds is 2. The van der Waals surface area contributed by atoms with Gasteiger partial charge in [0.05, 0.1) is 22.4 Å². The van der Waals surface area contributed by atoms with E-state index in [9.17, 15) is 0 Å². The van der Waals surface area contributed by atoms with Gasteiger partial charge < -0.3 is 9.31 Å². The molecule has 1 aliphatic heterocycles. The standard InChI is InChI=1S/C23H26BNO2/c1-15-11-16(2)13-17(12-15)21-14-19(18-9-7-8-10-20(18)25-21)24-26-22(3,4)23(5,6)27-24/h7-14H,1-6H3. The number of benzene rings is 2. The molecule has 138 valence electrons. The molecule has 0 aliphatic carbocycles. The molecule has 4 heteroatoms. The molecule has 3 nitrogen and oxygen atoms in total. The van der Waals surface area contributed by atoms with Crippen molar-refractivity contribution in [1.82, 2.24) is 4.98 Å². The van der Waals surface area contributed by atoms with Gasteiger partial charge in [-0.05, 0) is 76.7 Å². The predicted molar refractivity (Wildman–Crippen MR) is 112 cm³/mol. The first-order valence-electron chi connectivity index (χ1n) is 9.50. The molecule has 4 rings (SSSR count). The van der Waals surface area contributed by atoms with Crippen LogP contribution in [0.4, 0.5) is 0 Å². The van der Waals surface area contributed by atoms with E-state index in [0.29, 0.717) is 0 Å². The maximum atomic E-state index is 6.35. The fourth-order valence-corrected chi connectivity index (χ4v) is 3.64. The fourth-order valence-electron chi connectivity index (χ4n) is 3.64. The molecule has 0 radical (unpaired) electrons. The largest absolute Gasteiger partial charge is 0.495 e. The average molecular weight is 359 g/mol. The SMILES string of the molecule is Cc1cc(C)cc(-c2cc(B3OC(C)(C)C(C)(C)O3)c3ccccc3n2)c1. The van der Waals surface area contributed by atoms with Gasteiger partial charge in [0, 0.05) is 5.56 Å². The minimum absolute atomic E-state index is 0.373. The Balaban J connectivity index is 1.90. The first-order valence-corrected chi connectivity index (χ1v) is 9.50. The Bertz CT molecular complexity index is 990. The van der Waals surface area contributed by atoms with Crippen LogP contribution in [-0.4, -0.2) is 23.3 Å². The lowest BCUT2D eigenvalue weighted by Gasteiger charge is -2.32. The van der Waals surface area contributed by atoms with Gasteiger partial charge in [0.25, 0.3) is 0 Å². The van der Waals surface area contributed by atoms with Crippen molar-refractivity contribution in [3.8, 4) is 11.3 Å². The van der Waals surface area contributed by atoms with E-state index in [1.54, 1.807) is 0 Å². The summed E-state index contributed by atoms with van der Waals surface area (Å²) in [7, 11) is -0.410. The van der Waals surface area contributed by atoms with Gasteiger partial charge in [0.1, 0.15) is 0 Å². The molecule has 0 bridgehead atoms. The van der Waals surface area contributed by atoms with E-state index in [1.165, 1.54) is 11.1 Å². The Morgan fingerprint density at radius 3 is 2.04 bits per heavy atom. The van der Waals surface area contributed by atoms with Crippen LogP contribution < -0.4 is 5.46 Å². The number of hydrogen-bond donors (Lipinski definition) is 0. The summed E-state index contributed by atoms with van der Waals surface area (Å²) in [6.45, 7) is 12.6. The van der Waals surface area contributed by atoms with E-state index < -0.39 is 7.12 Å². The minimum Gasteiger partial charge on any atom is -0.399 e. The third-order valence-corrected chi connectivity index (χ3v) is 5.77. The van der Waals surface area contributed by atoms with Crippen molar-refractivity contribution in [2.45, 2.75) is 52.7 Å². The van der Waals surface area contributed by atoms with E-state index in [-0.39, 0.29) is 11.2 Å². The zero-order valence-electron chi connectivity index (χ0n) is 17.0. The van der Waals surface area contributed by atoms with Crippen LogP contribution in [0.3, 0.4) is 0 Å². The molecule has 1 saturated heterocycles. The van der Waals surface area contributed by atoms with Gasteiger partial charge >= 0.3 is 7.12 Å². The highest BCUT2D eigenvalue weighted by Gasteiger charge is 2.52. The van der Waals surface area contributed by atoms with Crippen LogP contribution >= 0.6 is 0 Å². The highest BCUT2D eigenvalue weighted by molar-refractivity contribution is 6.65. The number of para-hydroxylation sites is 1. The number of fused-ring (bicyclic) bond motifs is 1. The number of hydrogen-bond acceptors (Lipinski definition) is 3. The average Bonchev–Trinajstić information content (AvgIpc) is 2.80. The van der Waals surface area contributed by atoms with Crippen LogP contribution in [0.25, 0.3) is 22.2 Å². The summed E-state index contributed by atoms with van der Waals surface area (Å²) in [4.78, 5) is 4.92. The zero-order chi connectivity index (χ0) is 19.4. The molecule has 2 heterocycles. The molecule has 1 fully saturated rings. The highest BCUT2D eigenvalue weighted by Crippen LogP contribution is 2.37. The Hall–Kier alpha value is -2.17. The molecule has 0 atom stereocenters. The van der Waals surface area contributed by atoms with Crippen molar-refractivity contribution in [1.29, 1.82) is 0 Å². The minimum atomic E-state index is -0.410. The monoisotopic (exact) mass is 359 g/mol. The van der Waals surface area contributed by atoms with Crippen molar-refractivity contribution in [2.75, 3.05) is 0 Å². The molecular weight excluding hydrogens is 333 g/mol. The van der Waals surface area contributed by atoms with Gasteiger partial charge in [-0.2, -0.15) is 0 Å². The molecule has 3 aromatic rings. The molecule has 0 N–H and O–H groups in total. The second-order valence-corrected chi connectivity index (χ2v) is 8.58. The Morgan fingerprint density at radius 2 is 1.41 bits per heavy atom. The fraction of sp³-hybridized carbons (Fsp3) is 0.348. The summed E-state index contributed by atoms with van der Waals surface area (Å²) in [6, 6.07) is 16.9. The summed E-state index contributed by atoms with van der Waals surface area (Å²) in [5.41, 5.74) is 5.78. The lowest BCUT2D eigenvalue weighted by atomic mass is 9.76. The molecule has 1 aromatic heterocycles. The molecule has 0 spiro atoms. The maximum absolute atomic E-state index is 6.35. The van der Waals surface area contributed by atoms with E-state index >= 15 is 0 Å². The van der Waals surface area contributed by atoms with Crippen molar-refractivity contribution in [2.24, 2.45) is 0 Å². The van der Waals surface area contributed by atoms with Crippen LogP contribution in [0.1, 0.15) is 38.8 Å². The number of aryl methyl sites for hydroxylation is 2. The summed E-state index contributed by atoms with van der Waals surface area (Å²) < 4.78 is 12.7. The van der Waals surface area contributed by atoms with E-state index in [4.69, 9.17) is 14.3 Å². The quantitative estimate of drug-likeness (QED) is 0.615. The van der Waals surface area contributed by atoms with Gasteiger partial charge in [-0.1, -0.05) is 35.4 Å². The van der Waals surface area contributed by atoms with Gasteiger partial charge in [-0.3, -0.25) is 0 Å². The molecular formula is C23H26BNO2. The molecule has 1 aliphatic rings. The van der Waals surface area contributed by atoms with E-state index in [1.807, 2.05) is 12.1 Å². The van der Waals surface area contributed by atoms with Gasteiger partial charge in [0.15, 0.2) is 0 Å². The second-order valence-electron chi connectivity index (χ2n) is 8.58. The first-order chi connectivity index (χ1) is 12.7. The summed E-state index contributed by atoms with van der Waals surface area (Å²) in [5.74, 6) is 0. The van der Waals surface area contributed by atoms with Crippen molar-refractivity contribution in [3.63, 3.8) is 0 Å². The third-order valence-electron chi connectivity index (χ3n) is 5.77. The first kappa shape index (κ1) is 18.2. The summed E-state index contributed by atoms with van der Waals surface area (Å²) >= 11 is 0. The summed E-state index contributed by atoms with van der Waals surface area (Å²) in [5, 5.41) is 1.07. The van der Waals surface area contributed by atoms with Crippen LogP contribution in [0.2, 0.25) is 0 Å². The maximum Gasteiger partial charge on any atom is 0.495 e. The normalized spacial score (nSPS) is 18.2. The highest BCUT2D eigenvalue weighted by atomic mass is 16.7. The third kappa shape index (κ3) is 3.17. The van der Waals surface area contributed by atoms with Crippen LogP contribution in [-0.2, 0) is 9.31 Å². The van der Waals surface area contributed by atoms with Crippen LogP contribution in [0.15, 0.2) is 48.5 Å². The van der Waals surface area contributed by atoms with E-state index in [2.05, 4.69) is 77.9 Å². The van der Waals surface area contributed by atoms with Crippen molar-refractivity contribution in [3.05, 3.63) is 59.7 Å². The van der Waals surface area contributed by atoms with Crippen molar-refractivity contribution < 1.29 is 9.31 Å². The van der Waals surface area contributed by atoms with Crippen LogP contribution in [0.5, 0.6) is 0 Å². The number of nitrogens with zero attached hydrogens (tertiary/aromatic N) is 1. The lowest BCUT2D eigenvalue weighted by molar-refractivity contribution is 0.00578. The molecule has 2 aromatic carbocycles. The molecule has 0 saturated carbocycles. The van der Waals surface area contributed by atoms with Crippen molar-refractivity contribution >= 4 is 23.5 Å². The summed E-state index contributed by atoms with van der Waals surface area (Å²) in [6.07, 6.45) is 0. The van der Waals surface area contributed by atoms with Gasteiger partial charge in [0.2, 0.25) is 0 Å². The molecule has 27 heavy (non-hydrogen) atoms. The molecule has 0 unspecified atom stereocenters. The topological polar surface area (TPSA) is 31.4 Å². The predicted octanol–water partition coefficient (Wildman–Crippen LogP) is 4.82. The zero-order valence-corrected chi connectivity index (χ0v) is 17.0. The number of aromatic nitrogens is 1.